The van der Waals surface area contributed by atoms with Crippen LogP contribution in [0.2, 0.25) is 0 Å². The summed E-state index contributed by atoms with van der Waals surface area (Å²) in [5.74, 6) is 0. The Balaban J connectivity index is 3.30. The van der Waals surface area contributed by atoms with Gasteiger partial charge in [-0.1, -0.05) is 0 Å². The van der Waals surface area contributed by atoms with Crippen LogP contribution in [0.3, 0.4) is 0 Å². The van der Waals surface area contributed by atoms with Crippen LogP contribution in [0, 0.1) is 0 Å². The molecular weight excluding hydrogens is 109 g/mol. The Bertz CT molecular complexity index is 81.6. The van der Waals surface area contributed by atoms with E-state index in [0.29, 0.717) is 0 Å². The fraction of sp³-hybridized carbons (Fsp3) is 0. The molecule has 5 heteroatoms. The van der Waals surface area contributed by atoms with E-state index in [1.165, 1.54) is 0 Å². The standard InChI is InChI=1S/H2NO2PS/c2-5(3)1-4/h4H,(H,2,3)/p-1/i4T. The second-order valence-corrected chi connectivity index (χ2v) is 1.39. The van der Waals surface area contributed by atoms with Gasteiger partial charge in [-0.25, -0.2) is 4.21 Å². The summed E-state index contributed by atoms with van der Waals surface area (Å²) in [6, 6.07) is 0. The van der Waals surface area contributed by atoms with Crippen LogP contribution in [0.1, 0.15) is 0 Å². The van der Waals surface area contributed by atoms with E-state index in [1.807, 2.05) is 0 Å². The average molecular weight is 112 g/mol. The molecule has 0 radical (unpaired) electrons. The lowest BCUT2D eigenvalue weighted by Crippen LogP contribution is -1.70. The monoisotopic (exact) mass is 112 g/mol. The molecule has 30 valence electrons. The Labute approximate surface area is 35.4 Å². The van der Waals surface area contributed by atoms with Gasteiger partial charge in [0.2, 0.25) is 0 Å². The molecule has 0 aliphatic rings. The lowest BCUT2D eigenvalue weighted by molar-refractivity contribution is 0.539. The van der Waals surface area contributed by atoms with Gasteiger partial charge >= 0.3 is 0 Å². The molecule has 0 aromatic carbocycles. The Kier molecular flexibility index (Phi) is 1.67. The summed E-state index contributed by atoms with van der Waals surface area (Å²) in [5, 5.41) is 0. The van der Waals surface area contributed by atoms with Crippen LogP contribution in [0.5, 0.6) is 0 Å². The minimum atomic E-state index is -2.39. The highest BCUT2D eigenvalue weighted by atomic mass is 32.2. The fourth-order valence-corrected chi connectivity index (χ4v) is 0. The van der Waals surface area contributed by atoms with Gasteiger partial charge in [-0.05, 0) is 0 Å². The predicted molar refractivity (Wildman–Crippen MR) is 19.7 cm³/mol. The molecule has 0 heterocycles. The zero-order valence-corrected chi connectivity index (χ0v) is 3.83. The van der Waals surface area contributed by atoms with Gasteiger partial charge in [0.15, 0.2) is 0 Å². The molecule has 0 amide bonds. The molecule has 0 saturated heterocycles. The Morgan fingerprint density at radius 2 is 3.00 bits per heavy atom. The van der Waals surface area contributed by atoms with Crippen molar-refractivity contribution in [2.45, 2.75) is 0 Å². The van der Waals surface area contributed by atoms with Gasteiger partial charge < -0.3 is 4.55 Å². The Morgan fingerprint density at radius 1 is 2.40 bits per heavy atom. The fourth-order valence-electron chi connectivity index (χ4n) is 0. The molecule has 0 bridgehead atoms. The van der Waals surface area contributed by atoms with Gasteiger partial charge in [0.25, 0.3) is 0 Å². The van der Waals surface area contributed by atoms with Crippen LogP contribution in [0.4, 0.5) is 0 Å². The molecule has 0 aliphatic heterocycles. The van der Waals surface area contributed by atoms with Crippen molar-refractivity contribution in [3.63, 3.8) is 0 Å². The van der Waals surface area contributed by atoms with Gasteiger partial charge in [-0.15, -0.1) is 0 Å². The molecule has 5 heavy (non-hydrogen) atoms. The Morgan fingerprint density at radius 3 is 3.00 bits per heavy atom. The molecule has 1 unspecified atom stereocenters. The van der Waals surface area contributed by atoms with Gasteiger partial charge in [0.1, 0.15) is 1.28 Å². The van der Waals surface area contributed by atoms with Crippen LogP contribution in [0.25, 0.3) is 0 Å². The third-order valence-electron chi connectivity index (χ3n) is 0.0667. The average Bonchev–Trinajstić information content (AvgIpc) is 1.35. The van der Waals surface area contributed by atoms with Crippen LogP contribution < -0.4 is 0 Å². The third-order valence-corrected chi connectivity index (χ3v) is 0.600. The maximum absolute atomic E-state index is 9.31. The van der Waals surface area contributed by atoms with Crippen LogP contribution in [-0.4, -0.2) is 10.0 Å². The van der Waals surface area contributed by atoms with E-state index in [9.17, 15) is 8.76 Å². The summed E-state index contributed by atoms with van der Waals surface area (Å²) in [5.41, 5.74) is 0. The van der Waals surface area contributed by atoms with Gasteiger partial charge in [0, 0.05) is 8.98 Å². The largest absolute Gasteiger partial charge is 0.754 e. The third kappa shape index (κ3) is 4.21. The first-order chi connectivity index (χ1) is 2.77. The van der Waals surface area contributed by atoms with E-state index in [2.05, 4.69) is 4.15 Å². The molecule has 0 aromatic heterocycles. The quantitative estimate of drug-likeness (QED) is 0.357. The van der Waals surface area contributed by atoms with Crippen molar-refractivity contribution in [3.8, 4) is 0 Å². The van der Waals surface area contributed by atoms with Crippen LogP contribution >= 0.6 is 8.98 Å². The lowest BCUT2D eigenvalue weighted by atomic mass is 13.9. The van der Waals surface area contributed by atoms with Crippen LogP contribution in [0.15, 0.2) is 4.15 Å². The SMILES string of the molecule is [3H]P=NS(=O)[O-]. The zero-order valence-electron chi connectivity index (χ0n) is 3.12. The molecule has 0 aromatic rings. The molecule has 0 aliphatic carbocycles. The maximum Gasteiger partial charge on any atom is 0.115 e. The highest BCUT2D eigenvalue weighted by molar-refractivity contribution is 7.79. The van der Waals surface area contributed by atoms with Gasteiger partial charge in [-0.2, -0.15) is 4.15 Å². The van der Waals surface area contributed by atoms with E-state index in [0.717, 1.165) is 0 Å². The second-order valence-electron chi connectivity index (χ2n) is 0.299. The smallest absolute Gasteiger partial charge is 0.115 e. The van der Waals surface area contributed by atoms with E-state index in [1.54, 1.807) is 0 Å². The number of rotatable bonds is 1. The number of hydrogen-bond acceptors (Lipinski definition) is 2. The normalized spacial score (nSPS) is 19.0. The van der Waals surface area contributed by atoms with Gasteiger partial charge in [-0.3, -0.25) is 0 Å². The van der Waals surface area contributed by atoms with E-state index in [4.69, 9.17) is 1.28 Å². The first-order valence-corrected chi connectivity index (χ1v) is 2.15. The molecule has 0 spiro atoms. The summed E-state index contributed by atoms with van der Waals surface area (Å²) in [6.07, 6.45) is 0. The predicted octanol–water partition coefficient (Wildman–Crippen LogP) is 0.107. The van der Waals surface area contributed by atoms with Crippen molar-refractivity contribution < 1.29 is 8.76 Å². The molecule has 1 atom stereocenters. The minimum absolute atomic E-state index is 0.214. The van der Waals surface area contributed by atoms with Gasteiger partial charge in [0.05, 0.1) is 11.3 Å². The van der Waals surface area contributed by atoms with Crippen molar-refractivity contribution in [1.29, 1.82) is 1.28 Å². The van der Waals surface area contributed by atoms with E-state index in [-0.39, 0.29) is 8.98 Å². The summed E-state index contributed by atoms with van der Waals surface area (Å²) in [7, 11) is -0.214. The molecule has 0 N–H and O–H groups in total. The van der Waals surface area contributed by atoms with Crippen molar-refractivity contribution in [3.05, 3.63) is 0 Å². The zero-order chi connectivity index (χ0) is 4.99. The van der Waals surface area contributed by atoms with Crippen molar-refractivity contribution in [2.75, 3.05) is 0 Å². The molecule has 0 saturated carbocycles. The molecule has 0 rings (SSSR count). The lowest BCUT2D eigenvalue weighted by Gasteiger charge is -1.86. The summed E-state index contributed by atoms with van der Waals surface area (Å²) in [6.45, 7) is 0. The minimum Gasteiger partial charge on any atom is -0.754 e. The maximum atomic E-state index is 9.31. The highest BCUT2D eigenvalue weighted by Crippen LogP contribution is 1.74. The topological polar surface area (TPSA) is 52.5 Å². The van der Waals surface area contributed by atoms with Crippen LogP contribution in [-0.2, 0) is 11.3 Å². The van der Waals surface area contributed by atoms with Crippen molar-refractivity contribution in [1.82, 2.24) is 0 Å². The van der Waals surface area contributed by atoms with E-state index >= 15 is 0 Å². The summed E-state index contributed by atoms with van der Waals surface area (Å²) in [4.78, 5) is 0. The highest BCUT2D eigenvalue weighted by Gasteiger charge is 1.52. The Hall–Kier alpha value is 0.210. The first kappa shape index (κ1) is 3.40. The van der Waals surface area contributed by atoms with Crippen molar-refractivity contribution >= 4 is 20.2 Å². The van der Waals surface area contributed by atoms with Crippen molar-refractivity contribution in [2.24, 2.45) is 4.15 Å². The molecular formula is HNO2PS-. The second kappa shape index (κ2) is 2.45. The van der Waals surface area contributed by atoms with E-state index < -0.39 is 11.3 Å². The number of nitrogens with zero attached hydrogens (tertiary/aromatic N) is 1. The summed E-state index contributed by atoms with van der Waals surface area (Å²) < 4.78 is 27.4. The molecule has 0 fully saturated rings. The molecule has 3 nitrogen and oxygen atoms in total. The number of hydrogen-bond donors (Lipinski definition) is 0. The first-order valence-electron chi connectivity index (χ1n) is 1.16. The summed E-state index contributed by atoms with van der Waals surface area (Å²) >= 11 is -2.39.